The molecule has 7 aromatic rings. The summed E-state index contributed by atoms with van der Waals surface area (Å²) < 4.78 is 0. The number of benzene rings is 5. The van der Waals surface area contributed by atoms with Crippen LogP contribution in [0, 0.1) is 22.7 Å². The summed E-state index contributed by atoms with van der Waals surface area (Å²) in [6.07, 6.45) is 3.19. The van der Waals surface area contributed by atoms with Crippen molar-refractivity contribution in [2.24, 2.45) is 0 Å². The Morgan fingerprint density at radius 3 is 1.62 bits per heavy atom. The minimum Gasteiger partial charge on any atom is -0.232 e. The van der Waals surface area contributed by atoms with Gasteiger partial charge in [0.05, 0.1) is 16.6 Å². The van der Waals surface area contributed by atoms with Crippen LogP contribution < -0.4 is 0 Å². The fourth-order valence-corrected chi connectivity index (χ4v) is 5.02. The van der Waals surface area contributed by atoms with Crippen LogP contribution in [0.2, 0.25) is 0 Å². The Labute approximate surface area is 192 Å². The van der Waals surface area contributed by atoms with E-state index in [0.717, 1.165) is 43.1 Å². The lowest BCUT2D eigenvalue weighted by Gasteiger charge is -2.16. The summed E-state index contributed by atoms with van der Waals surface area (Å²) in [7, 11) is 0. The molecule has 0 radical (unpaired) electrons. The van der Waals surface area contributed by atoms with Gasteiger partial charge in [-0.3, -0.25) is 0 Å². The van der Waals surface area contributed by atoms with Crippen LogP contribution in [0.3, 0.4) is 0 Å². The van der Waals surface area contributed by atoms with Crippen molar-refractivity contribution in [1.82, 2.24) is 19.9 Å². The van der Waals surface area contributed by atoms with Gasteiger partial charge in [-0.1, -0.05) is 48.5 Å². The second-order valence-corrected chi connectivity index (χ2v) is 8.13. The van der Waals surface area contributed by atoms with Crippen molar-refractivity contribution in [2.75, 3.05) is 0 Å². The van der Waals surface area contributed by atoms with E-state index in [-0.39, 0.29) is 0 Å². The molecule has 0 fully saturated rings. The number of hydrogen-bond donors (Lipinski definition) is 0. The average molecular weight is 432 g/mol. The maximum Gasteiger partial charge on any atom is 0.198 e. The van der Waals surface area contributed by atoms with Crippen molar-refractivity contribution < 1.29 is 0 Å². The summed E-state index contributed by atoms with van der Waals surface area (Å²) in [5.74, 6) is 0. The van der Waals surface area contributed by atoms with Gasteiger partial charge in [-0.05, 0) is 39.1 Å². The first-order valence-corrected chi connectivity index (χ1v) is 10.7. The summed E-state index contributed by atoms with van der Waals surface area (Å²) in [6.45, 7) is 0. The zero-order valence-electron chi connectivity index (χ0n) is 17.6. The lowest BCUT2D eigenvalue weighted by molar-refractivity contribution is 1.20. The highest BCUT2D eigenvalue weighted by Gasteiger charge is 2.20. The van der Waals surface area contributed by atoms with Gasteiger partial charge in [0.25, 0.3) is 0 Å². The second-order valence-electron chi connectivity index (χ2n) is 8.13. The summed E-state index contributed by atoms with van der Waals surface area (Å²) >= 11 is 0. The van der Waals surface area contributed by atoms with E-state index in [0.29, 0.717) is 33.5 Å². The van der Waals surface area contributed by atoms with Gasteiger partial charge in [0.2, 0.25) is 0 Å². The molecule has 2 heterocycles. The number of nitrogens with zero attached hydrogens (tertiary/aromatic N) is 6. The van der Waals surface area contributed by atoms with Crippen LogP contribution in [-0.2, 0) is 0 Å². The highest BCUT2D eigenvalue weighted by molar-refractivity contribution is 6.38. The van der Waals surface area contributed by atoms with Crippen molar-refractivity contribution >= 4 is 65.4 Å². The van der Waals surface area contributed by atoms with Crippen LogP contribution in [-0.4, -0.2) is 19.9 Å². The molecule has 34 heavy (non-hydrogen) atoms. The van der Waals surface area contributed by atoms with Crippen LogP contribution in [0.15, 0.2) is 73.1 Å². The van der Waals surface area contributed by atoms with Crippen molar-refractivity contribution in [3.63, 3.8) is 0 Å². The summed E-state index contributed by atoms with van der Waals surface area (Å²) in [5.41, 5.74) is 2.87. The number of rotatable bonds is 0. The Bertz CT molecular complexity index is 2100. The molecule has 6 nitrogen and oxygen atoms in total. The normalized spacial score (nSPS) is 11.5. The van der Waals surface area contributed by atoms with Crippen LogP contribution >= 0.6 is 0 Å². The largest absolute Gasteiger partial charge is 0.232 e. The Balaban J connectivity index is 1.93. The predicted molar refractivity (Wildman–Crippen MR) is 132 cm³/mol. The smallest absolute Gasteiger partial charge is 0.198 e. The molecule has 5 aromatic carbocycles. The molecule has 0 bridgehead atoms. The highest BCUT2D eigenvalue weighted by atomic mass is 15.0. The zero-order valence-corrected chi connectivity index (χ0v) is 17.6. The Morgan fingerprint density at radius 2 is 1.03 bits per heavy atom. The zero-order chi connectivity index (χ0) is 22.8. The molecule has 0 aliphatic rings. The molecule has 0 N–H and O–H groups in total. The van der Waals surface area contributed by atoms with Gasteiger partial charge >= 0.3 is 0 Å². The fraction of sp³-hybridized carbons (Fsp3) is 0. The van der Waals surface area contributed by atoms with Gasteiger partial charge in [0.15, 0.2) is 11.3 Å². The first-order chi connectivity index (χ1) is 16.8. The van der Waals surface area contributed by atoms with E-state index in [9.17, 15) is 10.5 Å². The fourth-order valence-electron chi connectivity index (χ4n) is 5.02. The summed E-state index contributed by atoms with van der Waals surface area (Å²) in [4.78, 5) is 18.5. The number of hydrogen-bond acceptors (Lipinski definition) is 6. The van der Waals surface area contributed by atoms with Crippen molar-refractivity contribution in [3.8, 4) is 12.1 Å². The van der Waals surface area contributed by atoms with Gasteiger partial charge in [-0.2, -0.15) is 10.5 Å². The van der Waals surface area contributed by atoms with Gasteiger partial charge in [0, 0.05) is 28.6 Å². The third-order valence-corrected chi connectivity index (χ3v) is 6.41. The third kappa shape index (κ3) is 2.31. The van der Waals surface area contributed by atoms with E-state index < -0.39 is 0 Å². The van der Waals surface area contributed by atoms with Gasteiger partial charge < -0.3 is 0 Å². The molecule has 0 spiro atoms. The number of fused-ring (bicyclic) bond motifs is 12. The molecule has 0 aliphatic carbocycles. The van der Waals surface area contributed by atoms with E-state index in [1.165, 1.54) is 0 Å². The molecule has 6 heteroatoms. The monoisotopic (exact) mass is 432 g/mol. The quantitative estimate of drug-likeness (QED) is 0.218. The molecular weight excluding hydrogens is 420 g/mol. The minimum absolute atomic E-state index is 0.307. The molecule has 0 amide bonds. The Kier molecular flexibility index (Phi) is 3.59. The van der Waals surface area contributed by atoms with E-state index in [4.69, 9.17) is 9.97 Å². The second kappa shape index (κ2) is 6.65. The molecule has 154 valence electrons. The standard InChI is InChI=1S/C28H12N6/c29-13-15-11-21-22(12-16(15)14-30)25-26(34-28-27(33-25)31-9-10-32-28)24-20-8-4-2-6-18(20)17-5-1-3-7-19(17)23(21)24/h1-12H. The van der Waals surface area contributed by atoms with E-state index in [1.54, 1.807) is 24.5 Å². The lowest BCUT2D eigenvalue weighted by Crippen LogP contribution is -1.97. The maximum absolute atomic E-state index is 9.77. The van der Waals surface area contributed by atoms with Crippen LogP contribution in [0.5, 0.6) is 0 Å². The SMILES string of the molecule is N#Cc1cc2c(cc1C#N)c1c3ccccc3c3ccccc3c1c1nc3nccnc3nc21. The first-order valence-electron chi connectivity index (χ1n) is 10.7. The van der Waals surface area contributed by atoms with Gasteiger partial charge in [0.1, 0.15) is 17.7 Å². The average Bonchev–Trinajstić information content (AvgIpc) is 2.91. The molecular formula is C28H12N6. The Hall–Kier alpha value is -5.20. The highest BCUT2D eigenvalue weighted by Crippen LogP contribution is 2.43. The van der Waals surface area contributed by atoms with Gasteiger partial charge in [-0.25, -0.2) is 19.9 Å². The lowest BCUT2D eigenvalue weighted by atomic mass is 9.88. The molecule has 0 aliphatic heterocycles. The molecule has 0 saturated heterocycles. The third-order valence-electron chi connectivity index (χ3n) is 6.41. The van der Waals surface area contributed by atoms with Crippen LogP contribution in [0.1, 0.15) is 11.1 Å². The predicted octanol–water partition coefficient (Wildman–Crippen LogP) is 5.93. The van der Waals surface area contributed by atoms with Gasteiger partial charge in [-0.15, -0.1) is 0 Å². The topological polar surface area (TPSA) is 99.1 Å². The number of aromatic nitrogens is 4. The van der Waals surface area contributed by atoms with Crippen molar-refractivity contribution in [3.05, 3.63) is 84.2 Å². The van der Waals surface area contributed by atoms with Crippen LogP contribution in [0.25, 0.3) is 65.4 Å². The van der Waals surface area contributed by atoms with E-state index in [2.05, 4.69) is 46.4 Å². The van der Waals surface area contributed by atoms with Crippen molar-refractivity contribution in [1.29, 1.82) is 10.5 Å². The molecule has 0 saturated carbocycles. The number of nitriles is 2. The molecule has 7 rings (SSSR count). The molecule has 0 atom stereocenters. The van der Waals surface area contributed by atoms with E-state index >= 15 is 0 Å². The Morgan fingerprint density at radius 1 is 0.529 bits per heavy atom. The summed E-state index contributed by atoms with van der Waals surface area (Å²) in [6, 6.07) is 24.4. The van der Waals surface area contributed by atoms with Crippen molar-refractivity contribution in [2.45, 2.75) is 0 Å². The summed E-state index contributed by atoms with van der Waals surface area (Å²) in [5, 5.41) is 27.4. The maximum atomic E-state index is 9.77. The van der Waals surface area contributed by atoms with Crippen LogP contribution in [0.4, 0.5) is 0 Å². The molecule has 2 aromatic heterocycles. The minimum atomic E-state index is 0.307. The molecule has 0 unspecified atom stereocenters. The first kappa shape index (κ1) is 18.4. The van der Waals surface area contributed by atoms with E-state index in [1.807, 2.05) is 24.3 Å².